The maximum Gasteiger partial charge on any atom is 0.255 e. The highest BCUT2D eigenvalue weighted by atomic mass is 32.1. The minimum atomic E-state index is -0.397. The number of carbonyl (C=O) groups is 2. The number of rotatable bonds is 6. The summed E-state index contributed by atoms with van der Waals surface area (Å²) in [7, 11) is 0. The van der Waals surface area contributed by atoms with Gasteiger partial charge < -0.3 is 10.6 Å². The van der Waals surface area contributed by atoms with Crippen molar-refractivity contribution in [3.63, 3.8) is 0 Å². The van der Waals surface area contributed by atoms with E-state index in [2.05, 4.69) is 15.6 Å². The molecule has 0 unspecified atom stereocenters. The number of nitrogens with one attached hydrogen (secondary N) is 2. The SMILES string of the molecule is O=C(/C=C/c1nc2ccccc2s1)NCc1cccc(NC(=O)c2ccc(F)cc2)c1. The van der Waals surface area contributed by atoms with Gasteiger partial charge in [0.25, 0.3) is 5.91 Å². The molecular formula is C24H18FN3O2S. The van der Waals surface area contributed by atoms with Crippen LogP contribution in [0.3, 0.4) is 0 Å². The number of para-hydroxylation sites is 1. The predicted octanol–water partition coefficient (Wildman–Crippen LogP) is 5.02. The Morgan fingerprint density at radius 1 is 1.00 bits per heavy atom. The van der Waals surface area contributed by atoms with Crippen LogP contribution in [-0.2, 0) is 11.3 Å². The number of hydrogen-bond acceptors (Lipinski definition) is 4. The first-order chi connectivity index (χ1) is 15.1. The van der Waals surface area contributed by atoms with Crippen LogP contribution in [0.5, 0.6) is 0 Å². The van der Waals surface area contributed by atoms with Crippen molar-refractivity contribution in [1.29, 1.82) is 0 Å². The summed E-state index contributed by atoms with van der Waals surface area (Å²) < 4.78 is 14.1. The second-order valence-corrected chi connectivity index (χ2v) is 7.79. The molecule has 0 atom stereocenters. The van der Waals surface area contributed by atoms with Crippen LogP contribution in [0.25, 0.3) is 16.3 Å². The zero-order valence-electron chi connectivity index (χ0n) is 16.3. The third kappa shape index (κ3) is 5.40. The van der Waals surface area contributed by atoms with Crippen LogP contribution in [0.15, 0.2) is 78.9 Å². The number of nitrogens with zero attached hydrogens (tertiary/aromatic N) is 1. The third-order valence-corrected chi connectivity index (χ3v) is 5.45. The molecule has 2 amide bonds. The fraction of sp³-hybridized carbons (Fsp3) is 0.0417. The summed E-state index contributed by atoms with van der Waals surface area (Å²) in [4.78, 5) is 28.9. The average Bonchev–Trinajstić information content (AvgIpc) is 3.20. The van der Waals surface area contributed by atoms with E-state index in [0.29, 0.717) is 17.8 Å². The first-order valence-corrected chi connectivity index (χ1v) is 10.4. The summed E-state index contributed by atoms with van der Waals surface area (Å²) in [5.74, 6) is -0.966. The Bertz CT molecular complexity index is 1230. The molecule has 0 bridgehead atoms. The van der Waals surface area contributed by atoms with Crippen molar-refractivity contribution in [2.24, 2.45) is 0 Å². The number of carbonyl (C=O) groups excluding carboxylic acids is 2. The Morgan fingerprint density at radius 2 is 1.81 bits per heavy atom. The largest absolute Gasteiger partial charge is 0.348 e. The Labute approximate surface area is 182 Å². The van der Waals surface area contributed by atoms with Gasteiger partial charge in [-0.3, -0.25) is 9.59 Å². The third-order valence-electron chi connectivity index (χ3n) is 4.45. The predicted molar refractivity (Wildman–Crippen MR) is 121 cm³/mol. The van der Waals surface area contributed by atoms with Gasteiger partial charge in [0.2, 0.25) is 5.91 Å². The molecule has 5 nitrogen and oxygen atoms in total. The molecule has 2 N–H and O–H groups in total. The van der Waals surface area contributed by atoms with E-state index in [1.54, 1.807) is 24.3 Å². The van der Waals surface area contributed by atoms with Crippen molar-refractivity contribution in [3.8, 4) is 0 Å². The molecule has 0 aliphatic heterocycles. The van der Waals surface area contributed by atoms with Crippen molar-refractivity contribution in [2.75, 3.05) is 5.32 Å². The molecule has 0 aliphatic carbocycles. The summed E-state index contributed by atoms with van der Waals surface area (Å²) in [6.45, 7) is 0.309. The lowest BCUT2D eigenvalue weighted by atomic mass is 10.1. The van der Waals surface area contributed by atoms with Crippen molar-refractivity contribution in [3.05, 3.63) is 101 Å². The van der Waals surface area contributed by atoms with E-state index < -0.39 is 5.82 Å². The lowest BCUT2D eigenvalue weighted by molar-refractivity contribution is -0.116. The number of hydrogen-bond donors (Lipinski definition) is 2. The van der Waals surface area contributed by atoms with E-state index in [4.69, 9.17) is 0 Å². The number of benzene rings is 3. The van der Waals surface area contributed by atoms with Crippen LogP contribution >= 0.6 is 11.3 Å². The number of halogens is 1. The molecule has 4 rings (SSSR count). The van der Waals surface area contributed by atoms with Crippen molar-refractivity contribution >= 4 is 45.1 Å². The first kappa shape index (κ1) is 20.4. The smallest absolute Gasteiger partial charge is 0.255 e. The Balaban J connectivity index is 1.33. The molecule has 154 valence electrons. The van der Waals surface area contributed by atoms with Gasteiger partial charge in [-0.2, -0.15) is 0 Å². The summed E-state index contributed by atoms with van der Waals surface area (Å²) >= 11 is 1.52. The molecular weight excluding hydrogens is 413 g/mol. The zero-order chi connectivity index (χ0) is 21.6. The molecule has 0 saturated carbocycles. The second-order valence-electron chi connectivity index (χ2n) is 6.73. The summed E-state index contributed by atoms with van der Waals surface area (Å²) in [5, 5.41) is 6.35. The van der Waals surface area contributed by atoms with E-state index in [1.165, 1.54) is 41.7 Å². The standard InChI is InChI=1S/C24H18FN3O2S/c25-18-10-8-17(9-11-18)24(30)27-19-5-3-4-16(14-19)15-26-22(29)12-13-23-28-20-6-1-2-7-21(20)31-23/h1-14H,15H2,(H,26,29)(H,27,30)/b13-12+. The van der Waals surface area contributed by atoms with E-state index in [0.717, 1.165) is 20.8 Å². The van der Waals surface area contributed by atoms with Crippen LogP contribution in [0.2, 0.25) is 0 Å². The van der Waals surface area contributed by atoms with Crippen molar-refractivity contribution in [1.82, 2.24) is 10.3 Å². The molecule has 0 radical (unpaired) electrons. The topological polar surface area (TPSA) is 71.1 Å². The minimum Gasteiger partial charge on any atom is -0.348 e. The summed E-state index contributed by atoms with van der Waals surface area (Å²) in [6.07, 6.45) is 3.15. The zero-order valence-corrected chi connectivity index (χ0v) is 17.2. The summed E-state index contributed by atoms with van der Waals surface area (Å²) in [6, 6.07) is 20.3. The summed E-state index contributed by atoms with van der Waals surface area (Å²) in [5.41, 5.74) is 2.69. The van der Waals surface area contributed by atoms with E-state index in [-0.39, 0.29) is 11.8 Å². The van der Waals surface area contributed by atoms with Crippen LogP contribution in [0, 0.1) is 5.82 Å². The normalized spacial score (nSPS) is 11.0. The molecule has 0 saturated heterocycles. The maximum atomic E-state index is 13.0. The number of amides is 2. The maximum absolute atomic E-state index is 13.0. The Hall–Kier alpha value is -3.84. The number of thiazole rings is 1. The quantitative estimate of drug-likeness (QED) is 0.421. The number of fused-ring (bicyclic) bond motifs is 1. The lowest BCUT2D eigenvalue weighted by Crippen LogP contribution is -2.20. The minimum absolute atomic E-state index is 0.236. The van der Waals surface area contributed by atoms with Gasteiger partial charge in [-0.15, -0.1) is 11.3 Å². The molecule has 31 heavy (non-hydrogen) atoms. The Kier molecular flexibility index (Phi) is 6.14. The van der Waals surface area contributed by atoms with Gasteiger partial charge in [-0.25, -0.2) is 9.37 Å². The van der Waals surface area contributed by atoms with E-state index >= 15 is 0 Å². The number of aromatic nitrogens is 1. The molecule has 1 heterocycles. The number of anilines is 1. The van der Waals surface area contributed by atoms with Gasteiger partial charge in [0.15, 0.2) is 0 Å². The molecule has 4 aromatic rings. The highest BCUT2D eigenvalue weighted by Gasteiger charge is 2.07. The fourth-order valence-corrected chi connectivity index (χ4v) is 3.79. The molecule has 3 aromatic carbocycles. The highest BCUT2D eigenvalue weighted by molar-refractivity contribution is 7.19. The molecule has 0 spiro atoms. The molecule has 0 fully saturated rings. The van der Waals surface area contributed by atoms with Gasteiger partial charge in [0.1, 0.15) is 10.8 Å². The molecule has 1 aromatic heterocycles. The lowest BCUT2D eigenvalue weighted by Gasteiger charge is -2.08. The van der Waals surface area contributed by atoms with Gasteiger partial charge in [0.05, 0.1) is 10.2 Å². The first-order valence-electron chi connectivity index (χ1n) is 9.54. The van der Waals surface area contributed by atoms with E-state index in [9.17, 15) is 14.0 Å². The molecule has 0 aliphatic rings. The van der Waals surface area contributed by atoms with Crippen molar-refractivity contribution in [2.45, 2.75) is 6.54 Å². The average molecular weight is 431 g/mol. The second kappa shape index (κ2) is 9.32. The van der Waals surface area contributed by atoms with Crippen LogP contribution in [-0.4, -0.2) is 16.8 Å². The van der Waals surface area contributed by atoms with Crippen molar-refractivity contribution < 1.29 is 14.0 Å². The molecule has 7 heteroatoms. The van der Waals surface area contributed by atoms with Crippen LogP contribution in [0.1, 0.15) is 20.9 Å². The van der Waals surface area contributed by atoms with E-state index in [1.807, 2.05) is 30.3 Å². The highest BCUT2D eigenvalue weighted by Crippen LogP contribution is 2.22. The van der Waals surface area contributed by atoms with Crippen LogP contribution < -0.4 is 10.6 Å². The van der Waals surface area contributed by atoms with Crippen LogP contribution in [0.4, 0.5) is 10.1 Å². The van der Waals surface area contributed by atoms with Gasteiger partial charge in [-0.05, 0) is 60.2 Å². The Morgan fingerprint density at radius 3 is 2.61 bits per heavy atom. The van der Waals surface area contributed by atoms with Gasteiger partial charge in [0, 0.05) is 23.9 Å². The van der Waals surface area contributed by atoms with Gasteiger partial charge in [-0.1, -0.05) is 24.3 Å². The monoisotopic (exact) mass is 431 g/mol. The van der Waals surface area contributed by atoms with Gasteiger partial charge >= 0.3 is 0 Å². The fourth-order valence-electron chi connectivity index (χ4n) is 2.92.